The van der Waals surface area contributed by atoms with Crippen LogP contribution in [0.5, 0.6) is 0 Å². The predicted molar refractivity (Wildman–Crippen MR) is 98.5 cm³/mol. The van der Waals surface area contributed by atoms with Gasteiger partial charge in [0, 0.05) is 24.1 Å². The Bertz CT molecular complexity index is 704. The summed E-state index contributed by atoms with van der Waals surface area (Å²) in [4.78, 5) is 24.4. The molecule has 1 N–H and O–H groups in total. The zero-order chi connectivity index (χ0) is 17.5. The first-order valence-corrected chi connectivity index (χ1v) is 8.50. The van der Waals surface area contributed by atoms with Crippen LogP contribution >= 0.6 is 0 Å². The minimum atomic E-state index is -0.119. The third-order valence-corrected chi connectivity index (χ3v) is 4.33. The van der Waals surface area contributed by atoms with E-state index in [1.54, 1.807) is 0 Å². The summed E-state index contributed by atoms with van der Waals surface area (Å²) in [5, 5.41) is 2.95. The average Bonchev–Trinajstić information content (AvgIpc) is 2.60. The van der Waals surface area contributed by atoms with Gasteiger partial charge in [0.25, 0.3) is 0 Å². The fourth-order valence-electron chi connectivity index (χ4n) is 2.58. The normalized spacial score (nSPS) is 11.8. The highest BCUT2D eigenvalue weighted by Crippen LogP contribution is 2.26. The van der Waals surface area contributed by atoms with Crippen LogP contribution in [0.25, 0.3) is 0 Å². The number of amides is 1. The van der Waals surface area contributed by atoms with E-state index in [4.69, 9.17) is 0 Å². The molecular formula is C21H25NO2. The maximum Gasteiger partial charge on any atom is 0.224 e. The van der Waals surface area contributed by atoms with Crippen molar-refractivity contribution in [1.29, 1.82) is 0 Å². The maximum absolute atomic E-state index is 12.2. The van der Waals surface area contributed by atoms with Crippen LogP contribution in [0.15, 0.2) is 48.5 Å². The van der Waals surface area contributed by atoms with Gasteiger partial charge in [0.05, 0.1) is 0 Å². The molecular weight excluding hydrogens is 298 g/mol. The van der Waals surface area contributed by atoms with Gasteiger partial charge in [0.15, 0.2) is 5.78 Å². The molecule has 1 amide bonds. The predicted octanol–water partition coefficient (Wildman–Crippen LogP) is 5.11. The molecule has 0 radical (unpaired) electrons. The molecule has 0 aromatic heterocycles. The third-order valence-electron chi connectivity index (χ3n) is 4.33. The first-order valence-electron chi connectivity index (χ1n) is 8.50. The summed E-state index contributed by atoms with van der Waals surface area (Å²) in [5.41, 5.74) is 3.76. The number of para-hydroxylation sites is 1. The van der Waals surface area contributed by atoms with Crippen LogP contribution in [0.4, 0.5) is 5.69 Å². The lowest BCUT2D eigenvalue weighted by Gasteiger charge is -2.15. The van der Waals surface area contributed by atoms with Crippen molar-refractivity contribution in [3.8, 4) is 0 Å². The van der Waals surface area contributed by atoms with Gasteiger partial charge in [-0.15, -0.1) is 0 Å². The fourth-order valence-corrected chi connectivity index (χ4v) is 2.58. The minimum Gasteiger partial charge on any atom is -0.326 e. The van der Waals surface area contributed by atoms with Crippen molar-refractivity contribution in [3.05, 3.63) is 65.2 Å². The molecule has 0 aliphatic carbocycles. The highest BCUT2D eigenvalue weighted by atomic mass is 16.2. The summed E-state index contributed by atoms with van der Waals surface area (Å²) in [5.74, 6) is 0.266. The largest absolute Gasteiger partial charge is 0.326 e. The Kier molecular flexibility index (Phi) is 6.30. The third kappa shape index (κ3) is 4.79. The second-order valence-electron chi connectivity index (χ2n) is 6.23. The number of nitrogens with one attached hydrogen (secondary N) is 1. The number of hydrogen-bond donors (Lipinski definition) is 1. The highest BCUT2D eigenvalue weighted by molar-refractivity contribution is 6.00. The molecule has 3 nitrogen and oxygen atoms in total. The van der Waals surface area contributed by atoms with E-state index in [2.05, 4.69) is 19.2 Å². The monoisotopic (exact) mass is 323 g/mol. The molecule has 0 heterocycles. The van der Waals surface area contributed by atoms with E-state index in [1.165, 1.54) is 0 Å². The molecule has 0 spiro atoms. The summed E-state index contributed by atoms with van der Waals surface area (Å²) in [6, 6.07) is 15.3. The zero-order valence-corrected chi connectivity index (χ0v) is 14.6. The first kappa shape index (κ1) is 17.9. The number of aryl methyl sites for hydroxylation is 1. The van der Waals surface area contributed by atoms with E-state index in [9.17, 15) is 9.59 Å². The quantitative estimate of drug-likeness (QED) is 0.720. The van der Waals surface area contributed by atoms with E-state index in [1.807, 2.05) is 55.5 Å². The Labute approximate surface area is 144 Å². The summed E-state index contributed by atoms with van der Waals surface area (Å²) < 4.78 is 0. The number of carbonyl (C=O) groups is 2. The number of ketones is 1. The average molecular weight is 323 g/mol. The van der Waals surface area contributed by atoms with Gasteiger partial charge in [-0.25, -0.2) is 0 Å². The maximum atomic E-state index is 12.2. The molecule has 0 saturated heterocycles. The fraction of sp³-hybridized carbons (Fsp3) is 0.333. The Hall–Kier alpha value is -2.42. The molecule has 3 heteroatoms. The van der Waals surface area contributed by atoms with E-state index in [-0.39, 0.29) is 24.5 Å². The molecule has 126 valence electrons. The van der Waals surface area contributed by atoms with Crippen LogP contribution < -0.4 is 5.32 Å². The molecule has 0 aliphatic heterocycles. The van der Waals surface area contributed by atoms with Gasteiger partial charge in [-0.3, -0.25) is 9.59 Å². The molecule has 0 saturated carbocycles. The van der Waals surface area contributed by atoms with E-state index >= 15 is 0 Å². The lowest BCUT2D eigenvalue weighted by molar-refractivity contribution is -0.116. The molecule has 0 bridgehead atoms. The lowest BCUT2D eigenvalue weighted by atomic mass is 9.97. The minimum absolute atomic E-state index is 0.000335. The van der Waals surface area contributed by atoms with Crippen molar-refractivity contribution in [2.45, 2.75) is 46.0 Å². The first-order chi connectivity index (χ1) is 11.5. The van der Waals surface area contributed by atoms with Gasteiger partial charge in [-0.2, -0.15) is 0 Å². The van der Waals surface area contributed by atoms with Crippen molar-refractivity contribution in [2.24, 2.45) is 0 Å². The van der Waals surface area contributed by atoms with Crippen molar-refractivity contribution in [3.63, 3.8) is 0 Å². The second-order valence-corrected chi connectivity index (χ2v) is 6.23. The zero-order valence-electron chi connectivity index (χ0n) is 14.6. The summed E-state index contributed by atoms with van der Waals surface area (Å²) in [6.45, 7) is 6.26. The standard InChI is InChI=1S/C21H25NO2/c1-4-16(3)18-7-5-6-8-19(18)22-21(24)14-13-20(23)17-11-9-15(2)10-12-17/h5-12,16H,4,13-14H2,1-3H3,(H,22,24). The smallest absolute Gasteiger partial charge is 0.224 e. The molecule has 1 atom stereocenters. The SMILES string of the molecule is CCC(C)c1ccccc1NC(=O)CCC(=O)c1ccc(C)cc1. The van der Waals surface area contributed by atoms with Crippen molar-refractivity contribution in [2.75, 3.05) is 5.32 Å². The number of hydrogen-bond acceptors (Lipinski definition) is 2. The van der Waals surface area contributed by atoms with Gasteiger partial charge >= 0.3 is 0 Å². The summed E-state index contributed by atoms with van der Waals surface area (Å²) in [6.07, 6.45) is 1.43. The molecule has 2 aromatic rings. The number of rotatable bonds is 7. The molecule has 2 aromatic carbocycles. The number of benzene rings is 2. The van der Waals surface area contributed by atoms with Gasteiger partial charge in [0.1, 0.15) is 0 Å². The second kappa shape index (κ2) is 8.44. The van der Waals surface area contributed by atoms with Crippen LogP contribution in [0, 0.1) is 6.92 Å². The number of anilines is 1. The van der Waals surface area contributed by atoms with Crippen LogP contribution in [0.1, 0.15) is 60.5 Å². The van der Waals surface area contributed by atoms with Crippen molar-refractivity contribution in [1.82, 2.24) is 0 Å². The van der Waals surface area contributed by atoms with Crippen LogP contribution in [0.2, 0.25) is 0 Å². The summed E-state index contributed by atoms with van der Waals surface area (Å²) in [7, 11) is 0. The molecule has 24 heavy (non-hydrogen) atoms. The van der Waals surface area contributed by atoms with Gasteiger partial charge in [-0.1, -0.05) is 61.9 Å². The number of Topliss-reactive ketones (excluding diaryl/α,β-unsaturated/α-hetero) is 1. The Balaban J connectivity index is 1.94. The molecule has 0 aliphatic rings. The van der Waals surface area contributed by atoms with E-state index in [0.717, 1.165) is 23.2 Å². The highest BCUT2D eigenvalue weighted by Gasteiger charge is 2.13. The van der Waals surface area contributed by atoms with Crippen LogP contribution in [-0.2, 0) is 4.79 Å². The van der Waals surface area contributed by atoms with Gasteiger partial charge in [0.2, 0.25) is 5.91 Å². The Morgan fingerprint density at radius 2 is 1.67 bits per heavy atom. The van der Waals surface area contributed by atoms with Crippen LogP contribution in [-0.4, -0.2) is 11.7 Å². The van der Waals surface area contributed by atoms with Gasteiger partial charge < -0.3 is 5.32 Å². The van der Waals surface area contributed by atoms with Gasteiger partial charge in [-0.05, 0) is 30.9 Å². The van der Waals surface area contributed by atoms with Crippen LogP contribution in [0.3, 0.4) is 0 Å². The van der Waals surface area contributed by atoms with E-state index < -0.39 is 0 Å². The molecule has 1 unspecified atom stereocenters. The molecule has 0 fully saturated rings. The molecule has 2 rings (SSSR count). The van der Waals surface area contributed by atoms with E-state index in [0.29, 0.717) is 11.5 Å². The van der Waals surface area contributed by atoms with Crippen molar-refractivity contribution < 1.29 is 9.59 Å². The Morgan fingerprint density at radius 1 is 1.00 bits per heavy atom. The number of carbonyl (C=O) groups excluding carboxylic acids is 2. The van der Waals surface area contributed by atoms with Crippen molar-refractivity contribution >= 4 is 17.4 Å². The lowest BCUT2D eigenvalue weighted by Crippen LogP contribution is -2.15. The Morgan fingerprint density at radius 3 is 2.33 bits per heavy atom. The summed E-state index contributed by atoms with van der Waals surface area (Å²) >= 11 is 0. The topological polar surface area (TPSA) is 46.2 Å².